The lowest BCUT2D eigenvalue weighted by molar-refractivity contribution is 0.0927. The van der Waals surface area contributed by atoms with E-state index in [9.17, 15) is 19.1 Å². The maximum absolute atomic E-state index is 13.2. The summed E-state index contributed by atoms with van der Waals surface area (Å²) in [6, 6.07) is 7.57. The van der Waals surface area contributed by atoms with Crippen LogP contribution >= 0.6 is 0 Å². The number of carbonyl (C=O) groups is 1. The van der Waals surface area contributed by atoms with Gasteiger partial charge in [0.05, 0.1) is 12.7 Å². The first-order chi connectivity index (χ1) is 14.5. The smallest absolute Gasteiger partial charge is 0.276 e. The van der Waals surface area contributed by atoms with Crippen LogP contribution in [0.1, 0.15) is 73.0 Å². The van der Waals surface area contributed by atoms with Crippen molar-refractivity contribution < 1.29 is 14.3 Å². The summed E-state index contributed by atoms with van der Waals surface area (Å²) in [5, 5.41) is 17.4. The van der Waals surface area contributed by atoms with E-state index in [0.717, 1.165) is 56.9 Å². The Morgan fingerprint density at radius 1 is 1.23 bits per heavy atom. The Morgan fingerprint density at radius 3 is 2.67 bits per heavy atom. The van der Waals surface area contributed by atoms with Crippen molar-refractivity contribution in [1.82, 2.24) is 15.1 Å². The largest absolute Gasteiger partial charge is 0.503 e. The van der Waals surface area contributed by atoms with Gasteiger partial charge < -0.3 is 10.4 Å². The molecule has 1 heterocycles. The Morgan fingerprint density at radius 2 is 1.97 bits per heavy atom. The molecule has 0 spiro atoms. The van der Waals surface area contributed by atoms with Crippen molar-refractivity contribution in [1.29, 1.82) is 0 Å². The summed E-state index contributed by atoms with van der Waals surface area (Å²) >= 11 is 0. The van der Waals surface area contributed by atoms with Gasteiger partial charge in [0.25, 0.3) is 11.3 Å². The average molecular weight is 413 g/mol. The van der Waals surface area contributed by atoms with Crippen LogP contribution in [0, 0.1) is 0 Å². The number of nitrogens with one attached hydrogen (secondary N) is 1. The first-order valence-electron chi connectivity index (χ1n) is 10.8. The molecule has 0 saturated heterocycles. The van der Waals surface area contributed by atoms with E-state index in [-0.39, 0.29) is 17.2 Å². The highest BCUT2D eigenvalue weighted by atomic mass is 19.1. The minimum atomic E-state index is -0.748. The topological polar surface area (TPSA) is 84.2 Å². The Kier molecular flexibility index (Phi) is 5.88. The summed E-state index contributed by atoms with van der Waals surface area (Å²) in [4.78, 5) is 25.0. The van der Waals surface area contributed by atoms with E-state index in [4.69, 9.17) is 0 Å². The van der Waals surface area contributed by atoms with Gasteiger partial charge in [-0.3, -0.25) is 14.3 Å². The number of amides is 1. The predicted octanol–water partition coefficient (Wildman–Crippen LogP) is 3.60. The Labute approximate surface area is 175 Å². The molecule has 0 bridgehead atoms. The van der Waals surface area contributed by atoms with Crippen LogP contribution in [0.3, 0.4) is 0 Å². The minimum Gasteiger partial charge on any atom is -0.503 e. The van der Waals surface area contributed by atoms with Crippen LogP contribution in [0.15, 0.2) is 35.3 Å². The van der Waals surface area contributed by atoms with E-state index in [2.05, 4.69) is 10.4 Å². The van der Waals surface area contributed by atoms with Crippen molar-refractivity contribution in [3.05, 3.63) is 57.5 Å². The van der Waals surface area contributed by atoms with Crippen LogP contribution in [0.5, 0.6) is 5.75 Å². The molecule has 2 aliphatic rings. The number of alkyl halides is 1. The van der Waals surface area contributed by atoms with E-state index in [1.807, 2.05) is 18.2 Å². The highest BCUT2D eigenvalue weighted by Gasteiger charge is 2.37. The van der Waals surface area contributed by atoms with Crippen molar-refractivity contribution in [3.63, 3.8) is 0 Å². The van der Waals surface area contributed by atoms with Crippen molar-refractivity contribution in [2.45, 2.75) is 76.0 Å². The standard InChI is InChI=1S/C23H28FN3O3/c24-13-16-6-5-7-17(12-16)23(10-3-4-11-23)15-27-14-19(28)21(29)20(26-27)22(30)25-18-8-1-2-9-18/h5-7,12,14,18,28H,1-4,8-11,13,15H2,(H,25,30). The second-order valence-corrected chi connectivity index (χ2v) is 8.67. The van der Waals surface area contributed by atoms with Gasteiger partial charge in [-0.15, -0.1) is 0 Å². The molecule has 6 nitrogen and oxygen atoms in total. The molecule has 2 saturated carbocycles. The zero-order valence-electron chi connectivity index (χ0n) is 17.1. The summed E-state index contributed by atoms with van der Waals surface area (Å²) in [5.74, 6) is -1.01. The molecular formula is C23H28FN3O3. The molecule has 0 radical (unpaired) electrons. The second kappa shape index (κ2) is 8.58. The third-order valence-electron chi connectivity index (χ3n) is 6.57. The Bertz CT molecular complexity index is 976. The molecule has 1 aromatic heterocycles. The van der Waals surface area contributed by atoms with E-state index in [1.54, 1.807) is 6.07 Å². The highest BCUT2D eigenvalue weighted by molar-refractivity contribution is 5.92. The molecule has 2 aliphatic carbocycles. The van der Waals surface area contributed by atoms with Gasteiger partial charge in [0.15, 0.2) is 11.4 Å². The summed E-state index contributed by atoms with van der Waals surface area (Å²) in [7, 11) is 0. The molecule has 2 N–H and O–H groups in total. The number of halogens is 1. The first-order valence-corrected chi connectivity index (χ1v) is 10.8. The third-order valence-corrected chi connectivity index (χ3v) is 6.57. The van der Waals surface area contributed by atoms with Crippen LogP contribution in [0.4, 0.5) is 4.39 Å². The number of hydrogen-bond acceptors (Lipinski definition) is 4. The number of aromatic hydroxyl groups is 1. The molecule has 7 heteroatoms. The molecule has 0 aliphatic heterocycles. The fourth-order valence-corrected chi connectivity index (χ4v) is 4.96. The Balaban J connectivity index is 1.64. The van der Waals surface area contributed by atoms with E-state index < -0.39 is 23.8 Å². The maximum atomic E-state index is 13.2. The van der Waals surface area contributed by atoms with Crippen molar-refractivity contribution in [3.8, 4) is 5.75 Å². The Hall–Kier alpha value is -2.70. The highest BCUT2D eigenvalue weighted by Crippen LogP contribution is 2.42. The lowest BCUT2D eigenvalue weighted by Gasteiger charge is -2.30. The van der Waals surface area contributed by atoms with Crippen LogP contribution in [0.25, 0.3) is 0 Å². The molecule has 160 valence electrons. The van der Waals surface area contributed by atoms with Crippen LogP contribution in [-0.2, 0) is 18.6 Å². The number of carbonyl (C=O) groups excluding carboxylic acids is 1. The quantitative estimate of drug-likeness (QED) is 0.758. The summed E-state index contributed by atoms with van der Waals surface area (Å²) in [5.41, 5.74) is 0.381. The maximum Gasteiger partial charge on any atom is 0.276 e. The van der Waals surface area contributed by atoms with Gasteiger partial charge in [-0.2, -0.15) is 5.10 Å². The molecule has 2 aromatic rings. The zero-order valence-corrected chi connectivity index (χ0v) is 17.1. The predicted molar refractivity (Wildman–Crippen MR) is 111 cm³/mol. The summed E-state index contributed by atoms with van der Waals surface area (Å²) in [6.45, 7) is -0.104. The first kappa shape index (κ1) is 20.6. The summed E-state index contributed by atoms with van der Waals surface area (Å²) in [6.07, 6.45) is 9.10. The van der Waals surface area contributed by atoms with Crippen LogP contribution in [0.2, 0.25) is 0 Å². The van der Waals surface area contributed by atoms with Crippen molar-refractivity contribution >= 4 is 5.91 Å². The molecule has 2 fully saturated rings. The molecule has 1 amide bonds. The van der Waals surface area contributed by atoms with Gasteiger partial charge in [-0.25, -0.2) is 4.39 Å². The monoisotopic (exact) mass is 413 g/mol. The number of benzene rings is 1. The van der Waals surface area contributed by atoms with Crippen LogP contribution < -0.4 is 10.7 Å². The fraction of sp³-hybridized carbons (Fsp3) is 0.522. The minimum absolute atomic E-state index is 0.0547. The van der Waals surface area contributed by atoms with E-state index in [1.165, 1.54) is 10.9 Å². The van der Waals surface area contributed by atoms with Crippen molar-refractivity contribution in [2.24, 2.45) is 0 Å². The average Bonchev–Trinajstić information content (AvgIpc) is 3.43. The van der Waals surface area contributed by atoms with Gasteiger partial charge in [-0.05, 0) is 36.8 Å². The number of hydrogen-bond donors (Lipinski definition) is 2. The molecule has 0 unspecified atom stereocenters. The van der Waals surface area contributed by atoms with Crippen molar-refractivity contribution in [2.75, 3.05) is 0 Å². The molecule has 4 rings (SSSR count). The van der Waals surface area contributed by atoms with Gasteiger partial charge in [-0.1, -0.05) is 49.9 Å². The molecular weight excluding hydrogens is 385 g/mol. The SMILES string of the molecule is O=C(NC1CCCC1)c1nn(CC2(c3cccc(CF)c3)CCCC2)cc(O)c1=O. The molecule has 1 aromatic carbocycles. The summed E-state index contributed by atoms with van der Waals surface area (Å²) < 4.78 is 14.7. The molecule has 30 heavy (non-hydrogen) atoms. The lowest BCUT2D eigenvalue weighted by atomic mass is 9.78. The second-order valence-electron chi connectivity index (χ2n) is 8.67. The van der Waals surface area contributed by atoms with Gasteiger partial charge in [0, 0.05) is 11.5 Å². The number of aromatic nitrogens is 2. The van der Waals surface area contributed by atoms with Gasteiger partial charge >= 0.3 is 0 Å². The number of nitrogens with zero attached hydrogens (tertiary/aromatic N) is 2. The molecule has 0 atom stereocenters. The third kappa shape index (κ3) is 4.11. The van der Waals surface area contributed by atoms with E-state index >= 15 is 0 Å². The van der Waals surface area contributed by atoms with Gasteiger partial charge in [0.1, 0.15) is 6.67 Å². The normalized spacial score (nSPS) is 18.6. The van der Waals surface area contributed by atoms with Crippen LogP contribution in [-0.4, -0.2) is 26.8 Å². The zero-order chi connectivity index (χ0) is 21.1. The lowest BCUT2D eigenvalue weighted by Crippen LogP contribution is -2.38. The fourth-order valence-electron chi connectivity index (χ4n) is 4.96. The van der Waals surface area contributed by atoms with E-state index in [0.29, 0.717) is 12.1 Å². The number of rotatable bonds is 6. The van der Waals surface area contributed by atoms with Gasteiger partial charge in [0.2, 0.25) is 0 Å².